The van der Waals surface area contributed by atoms with Crippen LogP contribution in [0.3, 0.4) is 0 Å². The van der Waals surface area contributed by atoms with Gasteiger partial charge in [0.1, 0.15) is 5.82 Å². The molecule has 0 saturated heterocycles. The van der Waals surface area contributed by atoms with Crippen LogP contribution in [0.5, 0.6) is 0 Å². The average molecular weight is 312 g/mol. The van der Waals surface area contributed by atoms with Crippen molar-refractivity contribution in [1.29, 1.82) is 0 Å². The van der Waals surface area contributed by atoms with Gasteiger partial charge < -0.3 is 5.32 Å². The minimum atomic E-state index is -0.309. The van der Waals surface area contributed by atoms with E-state index in [1.165, 1.54) is 44.9 Å². The van der Waals surface area contributed by atoms with E-state index in [1.807, 2.05) is 6.07 Å². The van der Waals surface area contributed by atoms with Crippen LogP contribution in [-0.4, -0.2) is 12.6 Å². The van der Waals surface area contributed by atoms with Gasteiger partial charge in [0.25, 0.3) is 0 Å². The Morgan fingerprint density at radius 2 is 2.05 bits per heavy atom. The third kappa shape index (κ3) is 5.60. The highest BCUT2D eigenvalue weighted by molar-refractivity contribution is 6.30. The third-order valence-electron chi connectivity index (χ3n) is 4.61. The molecule has 0 bridgehead atoms. The largest absolute Gasteiger partial charge is 0.314 e. The molecule has 1 N–H and O–H groups in total. The molecule has 0 amide bonds. The Bertz CT molecular complexity index is 429. The minimum absolute atomic E-state index is 0.209. The molecule has 0 heterocycles. The van der Waals surface area contributed by atoms with Gasteiger partial charge in [-0.25, -0.2) is 4.39 Å². The lowest BCUT2D eigenvalue weighted by atomic mass is 9.84. The van der Waals surface area contributed by atoms with Crippen LogP contribution >= 0.6 is 11.6 Å². The Kier molecular flexibility index (Phi) is 6.98. The zero-order chi connectivity index (χ0) is 15.1. The van der Waals surface area contributed by atoms with E-state index in [9.17, 15) is 4.39 Å². The molecule has 118 valence electrons. The third-order valence-corrected chi connectivity index (χ3v) is 4.91. The molecule has 1 aromatic carbocycles. The normalized spacial score (nSPS) is 17.9. The molecule has 1 saturated carbocycles. The Balaban J connectivity index is 1.86. The molecule has 0 aliphatic heterocycles. The second-order valence-electron chi connectivity index (χ2n) is 6.29. The smallest absolute Gasteiger partial charge is 0.142 e. The van der Waals surface area contributed by atoms with Crippen LogP contribution in [0, 0.1) is 11.7 Å². The number of rotatable bonds is 7. The van der Waals surface area contributed by atoms with Crippen molar-refractivity contribution in [3.63, 3.8) is 0 Å². The highest BCUT2D eigenvalue weighted by Gasteiger charge is 2.16. The highest BCUT2D eigenvalue weighted by Crippen LogP contribution is 2.28. The molecule has 1 fully saturated rings. The molecule has 0 aromatic heterocycles. The molecule has 1 atom stereocenters. The Morgan fingerprint density at radius 1 is 1.29 bits per heavy atom. The summed E-state index contributed by atoms with van der Waals surface area (Å²) in [6.45, 7) is 3.10. The van der Waals surface area contributed by atoms with Crippen molar-refractivity contribution in [2.75, 3.05) is 6.54 Å². The van der Waals surface area contributed by atoms with Crippen molar-refractivity contribution in [2.45, 2.75) is 64.3 Å². The van der Waals surface area contributed by atoms with Crippen molar-refractivity contribution < 1.29 is 4.39 Å². The van der Waals surface area contributed by atoms with Gasteiger partial charge in [0.2, 0.25) is 0 Å². The SMILES string of the molecule is CCNC(CCC1CCCCC1)Cc1ccc(Cl)c(F)c1. The van der Waals surface area contributed by atoms with Gasteiger partial charge in [-0.15, -0.1) is 0 Å². The first-order chi connectivity index (χ1) is 10.2. The van der Waals surface area contributed by atoms with Gasteiger partial charge >= 0.3 is 0 Å². The van der Waals surface area contributed by atoms with Gasteiger partial charge in [0, 0.05) is 6.04 Å². The summed E-state index contributed by atoms with van der Waals surface area (Å²) < 4.78 is 13.5. The number of halogens is 2. The summed E-state index contributed by atoms with van der Waals surface area (Å²) in [5, 5.41) is 3.76. The van der Waals surface area contributed by atoms with Gasteiger partial charge in [0.05, 0.1) is 5.02 Å². The summed E-state index contributed by atoms with van der Waals surface area (Å²) in [6, 6.07) is 5.62. The van der Waals surface area contributed by atoms with E-state index >= 15 is 0 Å². The maximum Gasteiger partial charge on any atom is 0.142 e. The number of likely N-dealkylation sites (N-methyl/N-ethyl adjacent to an activating group) is 1. The van der Waals surface area contributed by atoms with Gasteiger partial charge in [-0.3, -0.25) is 0 Å². The molecule has 0 spiro atoms. The predicted molar refractivity (Wildman–Crippen MR) is 88.4 cm³/mol. The van der Waals surface area contributed by atoms with E-state index in [-0.39, 0.29) is 10.8 Å². The summed E-state index contributed by atoms with van der Waals surface area (Å²) in [4.78, 5) is 0. The van der Waals surface area contributed by atoms with Crippen molar-refractivity contribution in [2.24, 2.45) is 5.92 Å². The second kappa shape index (κ2) is 8.75. The topological polar surface area (TPSA) is 12.0 Å². The number of hydrogen-bond acceptors (Lipinski definition) is 1. The minimum Gasteiger partial charge on any atom is -0.314 e. The zero-order valence-electron chi connectivity index (χ0n) is 13.0. The number of nitrogens with one attached hydrogen (secondary N) is 1. The summed E-state index contributed by atoms with van der Waals surface area (Å²) in [6.07, 6.45) is 10.4. The van der Waals surface area contributed by atoms with Crippen molar-refractivity contribution in [3.05, 3.63) is 34.6 Å². The van der Waals surface area contributed by atoms with E-state index in [0.29, 0.717) is 6.04 Å². The Hall–Kier alpha value is -0.600. The lowest BCUT2D eigenvalue weighted by molar-refractivity contribution is 0.313. The molecule has 1 unspecified atom stereocenters. The Labute approximate surface area is 133 Å². The predicted octanol–water partition coefficient (Wildman–Crippen LogP) is 5.36. The first-order valence-electron chi connectivity index (χ1n) is 8.36. The monoisotopic (exact) mass is 311 g/mol. The first-order valence-corrected chi connectivity index (χ1v) is 8.74. The van der Waals surface area contributed by atoms with Gasteiger partial charge in [0.15, 0.2) is 0 Å². The number of benzene rings is 1. The summed E-state index contributed by atoms with van der Waals surface area (Å²) in [5.74, 6) is 0.596. The zero-order valence-corrected chi connectivity index (χ0v) is 13.8. The molecule has 21 heavy (non-hydrogen) atoms. The van der Waals surface area contributed by atoms with Crippen LogP contribution in [0.1, 0.15) is 57.4 Å². The molecule has 1 aromatic rings. The summed E-state index contributed by atoms with van der Waals surface area (Å²) in [5.41, 5.74) is 1.03. The van der Waals surface area contributed by atoms with E-state index < -0.39 is 0 Å². The highest BCUT2D eigenvalue weighted by atomic mass is 35.5. The van der Waals surface area contributed by atoms with Crippen LogP contribution in [0.15, 0.2) is 18.2 Å². The fraction of sp³-hybridized carbons (Fsp3) is 0.667. The molecule has 3 heteroatoms. The molecule has 1 nitrogen and oxygen atoms in total. The van der Waals surface area contributed by atoms with Crippen LogP contribution < -0.4 is 5.32 Å². The van der Waals surface area contributed by atoms with Gasteiger partial charge in [-0.1, -0.05) is 56.7 Å². The summed E-state index contributed by atoms with van der Waals surface area (Å²) in [7, 11) is 0. The molecule has 1 aliphatic carbocycles. The van der Waals surface area contributed by atoms with Gasteiger partial charge in [-0.05, 0) is 49.4 Å². The second-order valence-corrected chi connectivity index (χ2v) is 6.70. The van der Waals surface area contributed by atoms with Crippen molar-refractivity contribution in [1.82, 2.24) is 5.32 Å². The van der Waals surface area contributed by atoms with E-state index in [0.717, 1.165) is 24.4 Å². The number of hydrogen-bond donors (Lipinski definition) is 1. The molecule has 1 aliphatic rings. The lowest BCUT2D eigenvalue weighted by Gasteiger charge is -2.25. The molecular formula is C18H27ClFN. The first kappa shape index (κ1) is 16.8. The molecule has 0 radical (unpaired) electrons. The van der Waals surface area contributed by atoms with Crippen LogP contribution in [0.25, 0.3) is 0 Å². The molecular weight excluding hydrogens is 285 g/mol. The van der Waals surface area contributed by atoms with Crippen LogP contribution in [0.2, 0.25) is 5.02 Å². The summed E-state index contributed by atoms with van der Waals surface area (Å²) >= 11 is 5.75. The lowest BCUT2D eigenvalue weighted by Crippen LogP contribution is -2.31. The standard InChI is InChI=1S/C18H27ClFN/c1-2-21-16(10-8-14-6-4-3-5-7-14)12-15-9-11-17(19)18(20)13-15/h9,11,13-14,16,21H,2-8,10,12H2,1H3. The van der Waals surface area contributed by atoms with E-state index in [4.69, 9.17) is 11.6 Å². The van der Waals surface area contributed by atoms with E-state index in [2.05, 4.69) is 12.2 Å². The fourth-order valence-electron chi connectivity index (χ4n) is 3.43. The van der Waals surface area contributed by atoms with E-state index in [1.54, 1.807) is 12.1 Å². The maximum atomic E-state index is 13.5. The van der Waals surface area contributed by atoms with Crippen LogP contribution in [0.4, 0.5) is 4.39 Å². The van der Waals surface area contributed by atoms with Crippen molar-refractivity contribution >= 4 is 11.6 Å². The fourth-order valence-corrected chi connectivity index (χ4v) is 3.55. The maximum absolute atomic E-state index is 13.5. The Morgan fingerprint density at radius 3 is 2.71 bits per heavy atom. The quantitative estimate of drug-likeness (QED) is 0.714. The van der Waals surface area contributed by atoms with Gasteiger partial charge in [-0.2, -0.15) is 0 Å². The van der Waals surface area contributed by atoms with Crippen LogP contribution in [-0.2, 0) is 6.42 Å². The van der Waals surface area contributed by atoms with Crippen molar-refractivity contribution in [3.8, 4) is 0 Å². The molecule has 2 rings (SSSR count). The average Bonchev–Trinajstić information content (AvgIpc) is 2.50.